The van der Waals surface area contributed by atoms with Crippen LogP contribution in [0.1, 0.15) is 21.5 Å². The molecule has 2 atom stereocenters. The van der Waals surface area contributed by atoms with Crippen molar-refractivity contribution in [1.82, 2.24) is 15.1 Å². The quantitative estimate of drug-likeness (QED) is 0.669. The van der Waals surface area contributed by atoms with E-state index in [9.17, 15) is 19.5 Å². The largest absolute Gasteiger partial charge is 0.457 e. The summed E-state index contributed by atoms with van der Waals surface area (Å²) in [6.07, 6.45) is -0.460. The van der Waals surface area contributed by atoms with Gasteiger partial charge in [0, 0.05) is 25.7 Å². The molecule has 2 aliphatic rings. The molecule has 9 heteroatoms. The minimum atomic E-state index is -0.609. The standard InChI is InChI=1S/C24H27N3O6/c1-15-6-7-17-9-20(15)33-18-5-3-4-16(8-18)14-32-21-11-27(23(30)13-28)10-19(21)25-22(29)12-26(2)24(17)31/h3-9,19,21,28H,10-14H2,1-2H3,(H,25,29)/t19-,21-/m0/s1. The number of hydrogen-bond acceptors (Lipinski definition) is 6. The van der Waals surface area contributed by atoms with Crippen molar-refractivity contribution in [3.05, 3.63) is 59.2 Å². The van der Waals surface area contributed by atoms with Gasteiger partial charge in [-0.2, -0.15) is 0 Å². The molecule has 2 N–H and O–H groups in total. The first-order valence-corrected chi connectivity index (χ1v) is 10.8. The number of fused-ring (bicyclic) bond motifs is 5. The molecule has 33 heavy (non-hydrogen) atoms. The van der Waals surface area contributed by atoms with Crippen molar-refractivity contribution >= 4 is 17.7 Å². The molecule has 0 saturated carbocycles. The van der Waals surface area contributed by atoms with Gasteiger partial charge in [0.15, 0.2) is 0 Å². The summed E-state index contributed by atoms with van der Waals surface area (Å²) in [6.45, 7) is 1.86. The number of benzene rings is 2. The molecule has 174 valence electrons. The molecule has 0 spiro atoms. The number of aliphatic hydroxyl groups is 1. The lowest BCUT2D eigenvalue weighted by atomic mass is 10.1. The molecule has 1 fully saturated rings. The Balaban J connectivity index is 1.65. The van der Waals surface area contributed by atoms with Gasteiger partial charge in [-0.15, -0.1) is 0 Å². The number of nitrogens with one attached hydrogen (secondary N) is 1. The van der Waals surface area contributed by atoms with E-state index in [4.69, 9.17) is 9.47 Å². The van der Waals surface area contributed by atoms with Gasteiger partial charge in [-0.3, -0.25) is 14.4 Å². The third-order valence-corrected chi connectivity index (χ3v) is 5.85. The molecule has 0 aromatic heterocycles. The lowest BCUT2D eigenvalue weighted by molar-refractivity contribution is -0.133. The van der Waals surface area contributed by atoms with Crippen molar-refractivity contribution in [1.29, 1.82) is 0 Å². The zero-order valence-corrected chi connectivity index (χ0v) is 18.6. The van der Waals surface area contributed by atoms with E-state index in [0.29, 0.717) is 17.1 Å². The van der Waals surface area contributed by atoms with E-state index in [1.165, 1.54) is 9.80 Å². The number of likely N-dealkylation sites (tertiary alicyclic amines) is 1. The van der Waals surface area contributed by atoms with Crippen molar-refractivity contribution in [2.24, 2.45) is 0 Å². The number of aliphatic hydroxyl groups excluding tert-OH is 1. The molecule has 0 unspecified atom stereocenters. The van der Waals surface area contributed by atoms with Crippen LogP contribution in [0.5, 0.6) is 11.5 Å². The summed E-state index contributed by atoms with van der Waals surface area (Å²) < 4.78 is 12.1. The van der Waals surface area contributed by atoms with Gasteiger partial charge >= 0.3 is 0 Å². The van der Waals surface area contributed by atoms with E-state index in [2.05, 4.69) is 5.32 Å². The van der Waals surface area contributed by atoms with Crippen molar-refractivity contribution in [2.75, 3.05) is 33.3 Å². The summed E-state index contributed by atoms with van der Waals surface area (Å²) >= 11 is 0. The fraction of sp³-hybridized carbons (Fsp3) is 0.375. The highest BCUT2D eigenvalue weighted by Crippen LogP contribution is 2.28. The van der Waals surface area contributed by atoms with E-state index >= 15 is 0 Å². The normalized spacial score (nSPS) is 21.3. The minimum absolute atomic E-state index is 0.154. The number of nitrogens with zero attached hydrogens (tertiary/aromatic N) is 2. The summed E-state index contributed by atoms with van der Waals surface area (Å²) in [7, 11) is 1.55. The van der Waals surface area contributed by atoms with Crippen LogP contribution in [0.15, 0.2) is 42.5 Å². The molecule has 0 aliphatic carbocycles. The van der Waals surface area contributed by atoms with Crippen molar-refractivity contribution in [3.63, 3.8) is 0 Å². The van der Waals surface area contributed by atoms with Crippen LogP contribution in [0.25, 0.3) is 0 Å². The molecule has 2 heterocycles. The van der Waals surface area contributed by atoms with Crippen LogP contribution in [-0.2, 0) is 20.9 Å². The number of rotatable bonds is 1. The summed E-state index contributed by atoms with van der Waals surface area (Å²) in [6, 6.07) is 12.2. The molecule has 1 saturated heterocycles. The molecule has 2 aromatic rings. The summed E-state index contributed by atoms with van der Waals surface area (Å²) in [4.78, 5) is 40.4. The second-order valence-electron chi connectivity index (χ2n) is 8.37. The Kier molecular flexibility index (Phi) is 6.62. The number of likely N-dealkylation sites (N-methyl/N-ethyl adjacent to an activating group) is 1. The highest BCUT2D eigenvalue weighted by Gasteiger charge is 2.37. The zero-order chi connectivity index (χ0) is 23.5. The molecule has 2 aromatic carbocycles. The van der Waals surface area contributed by atoms with E-state index in [1.807, 2.05) is 37.3 Å². The Hall–Kier alpha value is -3.43. The van der Waals surface area contributed by atoms with E-state index in [-0.39, 0.29) is 38.1 Å². The molecule has 3 amide bonds. The maximum Gasteiger partial charge on any atom is 0.254 e. The summed E-state index contributed by atoms with van der Waals surface area (Å²) in [5.41, 5.74) is 2.15. The number of carbonyl (C=O) groups excluding carboxylic acids is 3. The fourth-order valence-corrected chi connectivity index (χ4v) is 4.02. The SMILES string of the molecule is Cc1ccc2cc1Oc1cccc(c1)CO[C@H]1CN(C(=O)CO)C[C@@H]1NC(=O)CN(C)C2=O. The molecule has 0 radical (unpaired) electrons. The second kappa shape index (κ2) is 9.60. The van der Waals surface area contributed by atoms with Crippen LogP contribution in [-0.4, -0.2) is 78.1 Å². The van der Waals surface area contributed by atoms with Crippen molar-refractivity contribution < 1.29 is 29.0 Å². The Bertz CT molecular complexity index is 1070. The summed E-state index contributed by atoms with van der Waals surface area (Å²) in [5, 5.41) is 12.1. The third-order valence-electron chi connectivity index (χ3n) is 5.85. The molecular formula is C24H27N3O6. The Morgan fingerprint density at radius 1 is 1.18 bits per heavy atom. The number of aryl methyl sites for hydroxylation is 1. The second-order valence-corrected chi connectivity index (χ2v) is 8.37. The maximum absolute atomic E-state index is 12.9. The van der Waals surface area contributed by atoms with Crippen LogP contribution in [0.3, 0.4) is 0 Å². The predicted molar refractivity (Wildman–Crippen MR) is 119 cm³/mol. The van der Waals surface area contributed by atoms with Crippen LogP contribution in [0.4, 0.5) is 0 Å². The number of amides is 3. The molecule has 2 aliphatic heterocycles. The topological polar surface area (TPSA) is 108 Å². The Labute approximate surface area is 191 Å². The summed E-state index contributed by atoms with van der Waals surface area (Å²) in [5.74, 6) is 0.0617. The smallest absolute Gasteiger partial charge is 0.254 e. The minimum Gasteiger partial charge on any atom is -0.457 e. The van der Waals surface area contributed by atoms with Crippen LogP contribution >= 0.6 is 0 Å². The molecular weight excluding hydrogens is 426 g/mol. The van der Waals surface area contributed by atoms with Gasteiger partial charge in [0.2, 0.25) is 11.8 Å². The lowest BCUT2D eigenvalue weighted by Crippen LogP contribution is -2.48. The van der Waals surface area contributed by atoms with Gasteiger partial charge in [0.25, 0.3) is 5.91 Å². The van der Waals surface area contributed by atoms with Crippen LogP contribution in [0.2, 0.25) is 0 Å². The molecule has 9 nitrogen and oxygen atoms in total. The zero-order valence-electron chi connectivity index (χ0n) is 18.6. The number of carbonyl (C=O) groups is 3. The van der Waals surface area contributed by atoms with Gasteiger partial charge in [-0.25, -0.2) is 0 Å². The Morgan fingerprint density at radius 3 is 2.79 bits per heavy atom. The first kappa shape index (κ1) is 22.8. The van der Waals surface area contributed by atoms with Gasteiger partial charge in [-0.05, 0) is 42.3 Å². The molecule has 4 rings (SSSR count). The van der Waals surface area contributed by atoms with E-state index in [1.54, 1.807) is 19.2 Å². The van der Waals surface area contributed by atoms with E-state index in [0.717, 1.165) is 11.1 Å². The number of hydrogen-bond donors (Lipinski definition) is 2. The fourth-order valence-electron chi connectivity index (χ4n) is 4.02. The highest BCUT2D eigenvalue weighted by molar-refractivity contribution is 5.96. The van der Waals surface area contributed by atoms with Gasteiger partial charge in [-0.1, -0.05) is 18.2 Å². The first-order chi connectivity index (χ1) is 15.8. The van der Waals surface area contributed by atoms with Gasteiger partial charge in [0.1, 0.15) is 18.1 Å². The van der Waals surface area contributed by atoms with Gasteiger partial charge < -0.3 is 29.7 Å². The maximum atomic E-state index is 12.9. The average Bonchev–Trinajstić information content (AvgIpc) is 3.20. The highest BCUT2D eigenvalue weighted by atomic mass is 16.5. The average molecular weight is 453 g/mol. The predicted octanol–water partition coefficient (Wildman–Crippen LogP) is 1.08. The third kappa shape index (κ3) is 5.15. The van der Waals surface area contributed by atoms with Crippen LogP contribution in [0, 0.1) is 6.92 Å². The van der Waals surface area contributed by atoms with Crippen molar-refractivity contribution in [3.8, 4) is 11.5 Å². The van der Waals surface area contributed by atoms with Gasteiger partial charge in [0.05, 0.1) is 25.3 Å². The molecule has 4 bridgehead atoms. The lowest BCUT2D eigenvalue weighted by Gasteiger charge is -2.23. The van der Waals surface area contributed by atoms with Crippen molar-refractivity contribution in [2.45, 2.75) is 25.7 Å². The monoisotopic (exact) mass is 453 g/mol. The van der Waals surface area contributed by atoms with Crippen LogP contribution < -0.4 is 10.1 Å². The first-order valence-electron chi connectivity index (χ1n) is 10.8. The number of ether oxygens (including phenoxy) is 2. The van der Waals surface area contributed by atoms with E-state index < -0.39 is 24.7 Å². The Morgan fingerprint density at radius 2 is 2.00 bits per heavy atom.